The summed E-state index contributed by atoms with van der Waals surface area (Å²) in [6.45, 7) is 2.10. The van der Waals surface area contributed by atoms with Gasteiger partial charge in [0.1, 0.15) is 5.69 Å². The van der Waals surface area contributed by atoms with Crippen LogP contribution in [0.3, 0.4) is 0 Å². The molecule has 1 aromatic heterocycles. The molecular formula is C11H6Br5NO2. The Morgan fingerprint density at radius 3 is 2.16 bits per heavy atom. The summed E-state index contributed by atoms with van der Waals surface area (Å²) in [5, 5.41) is 0.866. The van der Waals surface area contributed by atoms with Crippen molar-refractivity contribution >= 4 is 96.5 Å². The molecule has 1 heterocycles. The summed E-state index contributed by atoms with van der Waals surface area (Å²) in [5.41, 5.74) is 1.19. The lowest BCUT2D eigenvalue weighted by molar-refractivity contribution is 0.0519. The minimum atomic E-state index is -0.392. The maximum absolute atomic E-state index is 11.9. The van der Waals surface area contributed by atoms with Gasteiger partial charge in [0.15, 0.2) is 0 Å². The lowest BCUT2D eigenvalue weighted by atomic mass is 10.2. The number of esters is 1. The van der Waals surface area contributed by atoms with Gasteiger partial charge in [-0.2, -0.15) is 0 Å². The number of carbonyl (C=O) groups excluding carboxylic acids is 1. The second kappa shape index (κ2) is 6.17. The monoisotopic (exact) mass is 579 g/mol. The average molecular weight is 584 g/mol. The summed E-state index contributed by atoms with van der Waals surface area (Å²) in [6.07, 6.45) is 0. The summed E-state index contributed by atoms with van der Waals surface area (Å²) in [6, 6.07) is 0. The molecular weight excluding hydrogens is 578 g/mol. The van der Waals surface area contributed by atoms with Crippen molar-refractivity contribution in [1.29, 1.82) is 0 Å². The highest BCUT2D eigenvalue weighted by Gasteiger charge is 2.23. The number of halogens is 5. The van der Waals surface area contributed by atoms with E-state index in [1.807, 2.05) is 0 Å². The molecule has 2 rings (SSSR count). The first-order chi connectivity index (χ1) is 8.90. The maximum Gasteiger partial charge on any atom is 0.355 e. The number of aromatic amines is 1. The number of ether oxygens (including phenoxy) is 1. The lowest BCUT2D eigenvalue weighted by Gasteiger charge is -2.05. The van der Waals surface area contributed by atoms with Gasteiger partial charge in [-0.05, 0) is 86.6 Å². The topological polar surface area (TPSA) is 42.1 Å². The molecule has 0 fully saturated rings. The Balaban J connectivity index is 2.81. The summed E-state index contributed by atoms with van der Waals surface area (Å²) in [5.74, 6) is -0.392. The van der Waals surface area contributed by atoms with Gasteiger partial charge in [0.2, 0.25) is 0 Å². The quantitative estimate of drug-likeness (QED) is 0.262. The number of aromatic nitrogens is 1. The second-order valence-electron chi connectivity index (χ2n) is 3.54. The molecule has 8 heteroatoms. The van der Waals surface area contributed by atoms with E-state index < -0.39 is 5.97 Å². The first-order valence-corrected chi connectivity index (χ1v) is 9.06. The molecule has 3 nitrogen and oxygen atoms in total. The Morgan fingerprint density at radius 2 is 1.58 bits per heavy atom. The van der Waals surface area contributed by atoms with Crippen molar-refractivity contribution in [2.24, 2.45) is 0 Å². The molecule has 0 aliphatic carbocycles. The predicted molar refractivity (Wildman–Crippen MR) is 92.8 cm³/mol. The lowest BCUT2D eigenvalue weighted by Crippen LogP contribution is -2.05. The van der Waals surface area contributed by atoms with Crippen LogP contribution in [0, 0.1) is 0 Å². The minimum absolute atomic E-state index is 0.330. The van der Waals surface area contributed by atoms with Gasteiger partial charge in [-0.25, -0.2) is 4.79 Å². The highest BCUT2D eigenvalue weighted by atomic mass is 79.9. The number of H-pyrrole nitrogens is 1. The maximum atomic E-state index is 11.9. The number of benzene rings is 1. The fourth-order valence-corrected chi connectivity index (χ4v) is 4.94. The van der Waals surface area contributed by atoms with E-state index in [1.54, 1.807) is 6.92 Å². The zero-order valence-electron chi connectivity index (χ0n) is 9.41. The van der Waals surface area contributed by atoms with E-state index >= 15 is 0 Å². The van der Waals surface area contributed by atoms with Crippen LogP contribution in [-0.2, 0) is 4.74 Å². The number of nitrogens with one attached hydrogen (secondary N) is 1. The van der Waals surface area contributed by atoms with Crippen LogP contribution >= 0.6 is 79.6 Å². The van der Waals surface area contributed by atoms with Gasteiger partial charge in [0, 0.05) is 18.8 Å². The number of fused-ring (bicyclic) bond motifs is 1. The molecule has 0 atom stereocenters. The van der Waals surface area contributed by atoms with Crippen LogP contribution in [0.2, 0.25) is 0 Å². The van der Waals surface area contributed by atoms with Gasteiger partial charge < -0.3 is 9.72 Å². The average Bonchev–Trinajstić information content (AvgIpc) is 2.72. The molecule has 1 N–H and O–H groups in total. The van der Waals surface area contributed by atoms with E-state index in [9.17, 15) is 4.79 Å². The van der Waals surface area contributed by atoms with Crippen molar-refractivity contribution in [3.05, 3.63) is 28.1 Å². The van der Waals surface area contributed by atoms with Crippen LogP contribution in [0.15, 0.2) is 22.4 Å². The number of rotatable bonds is 2. The third kappa shape index (κ3) is 2.71. The molecule has 0 aliphatic heterocycles. The first-order valence-electron chi connectivity index (χ1n) is 5.10. The minimum Gasteiger partial charge on any atom is -0.461 e. The third-order valence-corrected chi connectivity index (χ3v) is 8.00. The van der Waals surface area contributed by atoms with E-state index in [0.29, 0.717) is 16.8 Å². The van der Waals surface area contributed by atoms with E-state index in [1.165, 1.54) is 0 Å². The molecule has 19 heavy (non-hydrogen) atoms. The van der Waals surface area contributed by atoms with Gasteiger partial charge in [-0.15, -0.1) is 0 Å². The van der Waals surface area contributed by atoms with Crippen LogP contribution in [0.4, 0.5) is 0 Å². The Hall–Kier alpha value is 0.630. The molecule has 0 aliphatic rings. The largest absolute Gasteiger partial charge is 0.461 e. The van der Waals surface area contributed by atoms with Gasteiger partial charge in [-0.1, -0.05) is 0 Å². The summed E-state index contributed by atoms with van der Waals surface area (Å²) in [7, 11) is 0. The fraction of sp³-hybridized carbons (Fsp3) is 0.182. The van der Waals surface area contributed by atoms with E-state index in [2.05, 4.69) is 84.6 Å². The molecule has 0 spiro atoms. The van der Waals surface area contributed by atoms with E-state index in [0.717, 1.165) is 28.8 Å². The van der Waals surface area contributed by atoms with Crippen molar-refractivity contribution in [2.75, 3.05) is 6.61 Å². The molecule has 0 amide bonds. The Kier molecular flexibility index (Phi) is 5.20. The van der Waals surface area contributed by atoms with Crippen molar-refractivity contribution in [3.63, 3.8) is 0 Å². The Morgan fingerprint density at radius 1 is 1.00 bits per heavy atom. The first kappa shape index (κ1) is 16.0. The summed E-state index contributed by atoms with van der Waals surface area (Å²) in [4.78, 5) is 15.0. The highest BCUT2D eigenvalue weighted by molar-refractivity contribution is 9.15. The van der Waals surface area contributed by atoms with Gasteiger partial charge in [0.25, 0.3) is 0 Å². The fourth-order valence-electron chi connectivity index (χ4n) is 1.60. The van der Waals surface area contributed by atoms with Gasteiger partial charge in [-0.3, -0.25) is 0 Å². The van der Waals surface area contributed by atoms with Crippen LogP contribution in [-0.4, -0.2) is 17.6 Å². The summed E-state index contributed by atoms with van der Waals surface area (Å²) < 4.78 is 9.08. The molecule has 2 aromatic rings. The smallest absolute Gasteiger partial charge is 0.355 e. The SMILES string of the molecule is CCOC(=O)c1[nH]c2c(Br)c(Br)c(Br)c(Br)c2c1Br. The summed E-state index contributed by atoms with van der Waals surface area (Å²) >= 11 is 17.4. The van der Waals surface area contributed by atoms with E-state index in [4.69, 9.17) is 4.74 Å². The Labute approximate surface area is 151 Å². The molecule has 0 bridgehead atoms. The number of carbonyl (C=O) groups is 1. The van der Waals surface area contributed by atoms with Gasteiger partial charge in [0.05, 0.1) is 21.1 Å². The third-order valence-electron chi connectivity index (χ3n) is 2.44. The standard InChI is InChI=1S/C11H6Br5NO2/c1-2-19-11(18)10-5(13)3-4(12)6(14)7(15)8(16)9(3)17-10/h17H,2H2,1H3. The van der Waals surface area contributed by atoms with Crippen LogP contribution < -0.4 is 0 Å². The van der Waals surface area contributed by atoms with Gasteiger partial charge >= 0.3 is 5.97 Å². The molecule has 0 saturated heterocycles. The van der Waals surface area contributed by atoms with Crippen molar-refractivity contribution < 1.29 is 9.53 Å². The number of hydrogen-bond acceptors (Lipinski definition) is 2. The molecule has 0 saturated carbocycles. The zero-order chi connectivity index (χ0) is 14.3. The molecule has 102 valence electrons. The van der Waals surface area contributed by atoms with E-state index in [-0.39, 0.29) is 0 Å². The highest BCUT2D eigenvalue weighted by Crippen LogP contribution is 2.46. The van der Waals surface area contributed by atoms with Crippen LogP contribution in [0.5, 0.6) is 0 Å². The Bertz CT molecular complexity index is 680. The normalized spacial score (nSPS) is 11.1. The van der Waals surface area contributed by atoms with Crippen LogP contribution in [0.1, 0.15) is 17.4 Å². The second-order valence-corrected chi connectivity index (χ2v) is 7.51. The van der Waals surface area contributed by atoms with Crippen molar-refractivity contribution in [3.8, 4) is 0 Å². The van der Waals surface area contributed by atoms with Crippen molar-refractivity contribution in [1.82, 2.24) is 4.98 Å². The molecule has 0 radical (unpaired) electrons. The van der Waals surface area contributed by atoms with Crippen molar-refractivity contribution in [2.45, 2.75) is 6.92 Å². The zero-order valence-corrected chi connectivity index (χ0v) is 17.3. The van der Waals surface area contributed by atoms with Crippen LogP contribution in [0.25, 0.3) is 10.9 Å². The number of hydrogen-bond donors (Lipinski definition) is 1. The predicted octanol–water partition coefficient (Wildman–Crippen LogP) is 6.16. The molecule has 0 unspecified atom stereocenters. The molecule has 1 aromatic carbocycles.